The number of halogens is 2. The van der Waals surface area contributed by atoms with E-state index in [2.05, 4.69) is 37.1 Å². The molecule has 4 aromatic rings. The van der Waals surface area contributed by atoms with Crippen molar-refractivity contribution in [1.82, 2.24) is 34.3 Å². The molecule has 1 aliphatic heterocycles. The Kier molecular flexibility index (Phi) is 7.72. The smallest absolute Gasteiger partial charge is 0.325 e. The van der Waals surface area contributed by atoms with E-state index in [1.807, 2.05) is 23.3 Å². The van der Waals surface area contributed by atoms with E-state index >= 15 is 0 Å². The summed E-state index contributed by atoms with van der Waals surface area (Å²) in [4.78, 5) is 33.3. The summed E-state index contributed by atoms with van der Waals surface area (Å²) in [6.45, 7) is 11.7. The van der Waals surface area contributed by atoms with E-state index in [9.17, 15) is 18.7 Å². The van der Waals surface area contributed by atoms with E-state index in [0.29, 0.717) is 35.8 Å². The average Bonchev–Trinajstić information content (AvgIpc) is 3.27. The second-order valence-corrected chi connectivity index (χ2v) is 10.2. The van der Waals surface area contributed by atoms with Gasteiger partial charge in [0.25, 0.3) is 0 Å². The van der Waals surface area contributed by atoms with Gasteiger partial charge in [-0.1, -0.05) is 13.0 Å². The first kappa shape index (κ1) is 27.5. The minimum absolute atomic E-state index is 0.0304. The largest absolute Gasteiger partial charge is 0.480 e. The molecule has 1 saturated heterocycles. The zero-order valence-electron chi connectivity index (χ0n) is 22.9. The van der Waals surface area contributed by atoms with Crippen molar-refractivity contribution in [1.29, 1.82) is 0 Å². The third-order valence-corrected chi connectivity index (χ3v) is 7.25. The highest BCUT2D eigenvalue weighted by Crippen LogP contribution is 2.30. The lowest BCUT2D eigenvalue weighted by Gasteiger charge is -2.37. The number of imidazole rings is 1. The number of benzene rings is 1. The van der Waals surface area contributed by atoms with E-state index in [-0.39, 0.29) is 28.8 Å². The predicted molar refractivity (Wildman–Crippen MR) is 147 cm³/mol. The van der Waals surface area contributed by atoms with Gasteiger partial charge in [0.1, 0.15) is 28.9 Å². The number of hydrogen-bond donors (Lipinski definition) is 2. The number of rotatable bonds is 8. The van der Waals surface area contributed by atoms with Crippen molar-refractivity contribution in [3.05, 3.63) is 59.7 Å². The monoisotopic (exact) mass is 550 g/mol. The Bertz CT molecular complexity index is 1530. The van der Waals surface area contributed by atoms with Crippen molar-refractivity contribution < 1.29 is 18.7 Å². The summed E-state index contributed by atoms with van der Waals surface area (Å²) in [7, 11) is 0. The maximum absolute atomic E-state index is 15.0. The van der Waals surface area contributed by atoms with Gasteiger partial charge in [-0.2, -0.15) is 0 Å². The van der Waals surface area contributed by atoms with Crippen LogP contribution < -0.4 is 5.32 Å². The van der Waals surface area contributed by atoms with E-state index < -0.39 is 23.6 Å². The van der Waals surface area contributed by atoms with Crippen LogP contribution >= 0.6 is 0 Å². The van der Waals surface area contributed by atoms with Crippen LogP contribution in [0.15, 0.2) is 36.7 Å². The Morgan fingerprint density at radius 2 is 1.80 bits per heavy atom. The first-order chi connectivity index (χ1) is 19.2. The van der Waals surface area contributed by atoms with Crippen LogP contribution in [0, 0.1) is 18.6 Å². The lowest BCUT2D eigenvalue weighted by atomic mass is 10.1. The molecule has 0 saturated carbocycles. The highest BCUT2D eigenvalue weighted by molar-refractivity contribution is 5.83. The second-order valence-electron chi connectivity index (χ2n) is 10.2. The molecule has 0 spiro atoms. The number of carboxylic acid groups (broad SMARTS) is 1. The Balaban J connectivity index is 1.39. The molecule has 40 heavy (non-hydrogen) atoms. The van der Waals surface area contributed by atoms with Gasteiger partial charge in [-0.25, -0.2) is 28.7 Å². The first-order valence-electron chi connectivity index (χ1n) is 13.3. The fourth-order valence-electron chi connectivity index (χ4n) is 5.29. The van der Waals surface area contributed by atoms with Crippen LogP contribution in [0.1, 0.15) is 44.2 Å². The number of aromatic nitrogens is 5. The lowest BCUT2D eigenvalue weighted by molar-refractivity contribution is -0.144. The molecule has 0 amide bonds. The maximum Gasteiger partial charge on any atom is 0.325 e. The number of hydrogen-bond acceptors (Lipinski definition) is 8. The molecule has 0 aliphatic carbocycles. The van der Waals surface area contributed by atoms with Gasteiger partial charge < -0.3 is 19.9 Å². The molecule has 1 unspecified atom stereocenters. The molecule has 210 valence electrons. The number of nitrogens with zero attached hydrogens (tertiary/aromatic N) is 7. The topological polar surface area (TPSA) is 112 Å². The average molecular weight is 551 g/mol. The number of nitrogens with one attached hydrogen (secondary N) is 1. The Hall–Kier alpha value is -4.03. The number of carbonyl (C=O) groups is 1. The van der Waals surface area contributed by atoms with Crippen molar-refractivity contribution in [3.63, 3.8) is 0 Å². The number of aryl methyl sites for hydroxylation is 1. The normalized spacial score (nSPS) is 15.6. The van der Waals surface area contributed by atoms with Crippen molar-refractivity contribution in [2.45, 2.75) is 39.8 Å². The fraction of sp³-hybridized carbons (Fsp3) is 0.393. The quantitative estimate of drug-likeness (QED) is 0.326. The molecule has 4 heterocycles. The summed E-state index contributed by atoms with van der Waals surface area (Å²) in [6.07, 6.45) is 2.53. The van der Waals surface area contributed by atoms with Crippen LogP contribution in [0.25, 0.3) is 22.3 Å². The number of likely N-dealkylation sites (N-methyl/N-ethyl adjacent to an activating group) is 1. The predicted octanol–water partition coefficient (Wildman–Crippen LogP) is 4.56. The van der Waals surface area contributed by atoms with Crippen LogP contribution in [0.2, 0.25) is 0 Å². The van der Waals surface area contributed by atoms with Crippen molar-refractivity contribution in [2.24, 2.45) is 0 Å². The van der Waals surface area contributed by atoms with Crippen LogP contribution in [0.4, 0.5) is 20.5 Å². The fourth-order valence-corrected chi connectivity index (χ4v) is 5.29. The lowest BCUT2D eigenvalue weighted by Crippen LogP contribution is -2.49. The van der Waals surface area contributed by atoms with E-state index in [1.54, 1.807) is 25.1 Å². The summed E-state index contributed by atoms with van der Waals surface area (Å²) in [5, 5.41) is 12.9. The van der Waals surface area contributed by atoms with Gasteiger partial charge in [0.05, 0.1) is 11.7 Å². The summed E-state index contributed by atoms with van der Waals surface area (Å²) < 4.78 is 31.7. The molecule has 10 nitrogen and oxygen atoms in total. The number of fused-ring (bicyclic) bond motifs is 1. The van der Waals surface area contributed by atoms with Gasteiger partial charge in [0.15, 0.2) is 11.6 Å². The van der Waals surface area contributed by atoms with E-state index in [0.717, 1.165) is 25.8 Å². The number of pyridine rings is 1. The number of aliphatic carboxylic acids is 1. The molecule has 0 bridgehead atoms. The molecule has 3 aromatic heterocycles. The van der Waals surface area contributed by atoms with Gasteiger partial charge in [0, 0.05) is 44.0 Å². The van der Waals surface area contributed by atoms with Crippen molar-refractivity contribution >= 4 is 28.8 Å². The summed E-state index contributed by atoms with van der Waals surface area (Å²) >= 11 is 0. The Morgan fingerprint density at radius 1 is 1.05 bits per heavy atom. The molecular formula is C28H32F2N8O2. The summed E-state index contributed by atoms with van der Waals surface area (Å²) in [5.41, 5.74) is 1.52. The third-order valence-electron chi connectivity index (χ3n) is 7.25. The molecule has 0 radical (unpaired) electrons. The minimum atomic E-state index is -0.933. The van der Waals surface area contributed by atoms with Crippen molar-refractivity contribution in [2.75, 3.05) is 38.0 Å². The van der Waals surface area contributed by atoms with Crippen LogP contribution in [0.3, 0.4) is 0 Å². The first-order valence-corrected chi connectivity index (χ1v) is 13.3. The molecule has 12 heteroatoms. The van der Waals surface area contributed by atoms with Gasteiger partial charge in [-0.05, 0) is 51.1 Å². The van der Waals surface area contributed by atoms with Crippen LogP contribution in [-0.2, 0) is 4.79 Å². The van der Waals surface area contributed by atoms with E-state index in [1.165, 1.54) is 12.3 Å². The molecule has 1 aliphatic rings. The van der Waals surface area contributed by atoms with Gasteiger partial charge in [-0.3, -0.25) is 9.69 Å². The second kappa shape index (κ2) is 11.2. The number of piperazine rings is 1. The molecule has 1 fully saturated rings. The van der Waals surface area contributed by atoms with Gasteiger partial charge >= 0.3 is 5.97 Å². The molecule has 2 N–H and O–H groups in total. The number of carboxylic acids is 1. The maximum atomic E-state index is 15.0. The van der Waals surface area contributed by atoms with Crippen LogP contribution in [0.5, 0.6) is 0 Å². The summed E-state index contributed by atoms with van der Waals surface area (Å²) in [5.74, 6) is -1.12. The molecular weight excluding hydrogens is 518 g/mol. The van der Waals surface area contributed by atoms with Crippen LogP contribution in [-0.4, -0.2) is 78.1 Å². The molecule has 5 rings (SSSR count). The minimum Gasteiger partial charge on any atom is -0.480 e. The van der Waals surface area contributed by atoms with Crippen molar-refractivity contribution in [3.8, 4) is 11.3 Å². The summed E-state index contributed by atoms with van der Waals surface area (Å²) in [6, 6.07) is 5.45. The zero-order valence-corrected chi connectivity index (χ0v) is 22.9. The van der Waals surface area contributed by atoms with E-state index in [4.69, 9.17) is 0 Å². The zero-order chi connectivity index (χ0) is 28.6. The molecule has 1 atom stereocenters. The van der Waals surface area contributed by atoms with Gasteiger partial charge in [-0.15, -0.1) is 0 Å². The van der Waals surface area contributed by atoms with Gasteiger partial charge in [0.2, 0.25) is 5.95 Å². The highest BCUT2D eigenvalue weighted by atomic mass is 19.1. The Labute approximate surface area is 230 Å². The third kappa shape index (κ3) is 5.36. The number of anilines is 2. The Morgan fingerprint density at radius 3 is 2.42 bits per heavy atom. The molecule has 1 aromatic carbocycles. The highest BCUT2D eigenvalue weighted by Gasteiger charge is 2.30. The standard InChI is InChI=1S/C28H32F2N8O2/c1-5-36-8-10-37(11-9-36)26(27(39)40)18-6-7-23(31-14-18)34-28-32-15-21(30)24(35-28)19-12-20(29)25-22(13-19)38(16(2)3)17(4)33-25/h6-7,12-16,26H,5,8-11H2,1-4H3,(H,39,40)(H,31,32,34,35). The SMILES string of the molecule is CCN1CCN(C(C(=O)O)c2ccc(Nc3ncc(F)c(-c4cc(F)c5nc(C)n(C(C)C)c5c4)n3)nc2)CC1.